The Morgan fingerprint density at radius 2 is 1.76 bits per heavy atom. The third-order valence-corrected chi connectivity index (χ3v) is 5.34. The van der Waals surface area contributed by atoms with Gasteiger partial charge in [0, 0.05) is 12.0 Å². The Morgan fingerprint density at radius 1 is 1.07 bits per heavy atom. The maximum absolute atomic E-state index is 13.2. The van der Waals surface area contributed by atoms with Crippen LogP contribution in [0, 0.1) is 0 Å². The van der Waals surface area contributed by atoms with Crippen molar-refractivity contribution in [2.45, 2.75) is 26.3 Å². The van der Waals surface area contributed by atoms with Crippen molar-refractivity contribution in [1.29, 1.82) is 0 Å². The molecule has 2 aromatic carbocycles. The molecule has 0 saturated carbocycles. The summed E-state index contributed by atoms with van der Waals surface area (Å²) >= 11 is 0. The number of likely N-dealkylation sites (N-methyl/N-ethyl adjacent to an activating group) is 1. The van der Waals surface area contributed by atoms with Crippen LogP contribution in [0.1, 0.15) is 37.4 Å². The summed E-state index contributed by atoms with van der Waals surface area (Å²) in [7, 11) is 3.30. The van der Waals surface area contributed by atoms with E-state index in [0.29, 0.717) is 13.0 Å². The van der Waals surface area contributed by atoms with Crippen molar-refractivity contribution >= 4 is 11.6 Å². The van der Waals surface area contributed by atoms with Gasteiger partial charge in [0.1, 0.15) is 11.5 Å². The van der Waals surface area contributed by atoms with Crippen LogP contribution < -0.4 is 9.47 Å². The quantitative estimate of drug-likeness (QED) is 0.684. The lowest BCUT2D eigenvalue weighted by Crippen LogP contribution is -2.38. The molecular weight excluding hydrogens is 366 g/mol. The Balaban J connectivity index is 1.94. The Hall–Kier alpha value is -2.86. The molecule has 0 spiro atoms. The number of nitrogens with zero attached hydrogens (tertiary/aromatic N) is 3. The van der Waals surface area contributed by atoms with E-state index >= 15 is 0 Å². The second-order valence-electron chi connectivity index (χ2n) is 6.94. The molecule has 0 radical (unpaired) electrons. The van der Waals surface area contributed by atoms with E-state index in [1.807, 2.05) is 48.5 Å². The largest absolute Gasteiger partial charge is 0.497 e. The molecule has 0 N–H and O–H groups in total. The Labute approximate surface area is 172 Å². The van der Waals surface area contributed by atoms with Gasteiger partial charge in [0.15, 0.2) is 0 Å². The van der Waals surface area contributed by atoms with Crippen LogP contribution in [0.3, 0.4) is 0 Å². The number of hydrogen-bond donors (Lipinski definition) is 0. The van der Waals surface area contributed by atoms with E-state index in [2.05, 4.69) is 18.7 Å². The molecular formula is C23H29N3O3. The molecule has 2 aromatic rings. The molecule has 0 fully saturated rings. The van der Waals surface area contributed by atoms with Crippen LogP contribution in [0.15, 0.2) is 53.6 Å². The highest BCUT2D eigenvalue weighted by Gasteiger charge is 2.35. The summed E-state index contributed by atoms with van der Waals surface area (Å²) in [6.45, 7) is 6.11. The molecule has 29 heavy (non-hydrogen) atoms. The first-order valence-electron chi connectivity index (χ1n) is 10.00. The van der Waals surface area contributed by atoms with Crippen molar-refractivity contribution in [2.75, 3.05) is 33.9 Å². The zero-order valence-corrected chi connectivity index (χ0v) is 17.6. The molecule has 3 rings (SSSR count). The molecule has 1 amide bonds. The van der Waals surface area contributed by atoms with Gasteiger partial charge < -0.3 is 9.47 Å². The lowest BCUT2D eigenvalue weighted by atomic mass is 9.97. The zero-order chi connectivity index (χ0) is 20.8. The number of benzene rings is 2. The molecule has 0 saturated heterocycles. The number of carbonyl (C=O) groups is 1. The smallest absolute Gasteiger partial charge is 0.257 e. The van der Waals surface area contributed by atoms with E-state index in [0.717, 1.165) is 41.4 Å². The fourth-order valence-electron chi connectivity index (χ4n) is 3.59. The van der Waals surface area contributed by atoms with Crippen molar-refractivity contribution < 1.29 is 14.3 Å². The molecule has 0 aromatic heterocycles. The van der Waals surface area contributed by atoms with Gasteiger partial charge >= 0.3 is 0 Å². The minimum Gasteiger partial charge on any atom is -0.497 e. The maximum Gasteiger partial charge on any atom is 0.257 e. The van der Waals surface area contributed by atoms with Gasteiger partial charge in [-0.1, -0.05) is 32.0 Å². The van der Waals surface area contributed by atoms with Crippen molar-refractivity contribution in [3.05, 3.63) is 59.7 Å². The number of carbonyl (C=O) groups excluding carboxylic acids is 1. The highest BCUT2D eigenvalue weighted by molar-refractivity contribution is 6.03. The topological polar surface area (TPSA) is 54.4 Å². The van der Waals surface area contributed by atoms with E-state index in [-0.39, 0.29) is 11.9 Å². The lowest BCUT2D eigenvalue weighted by molar-refractivity contribution is -0.134. The van der Waals surface area contributed by atoms with Crippen molar-refractivity contribution in [3.63, 3.8) is 0 Å². The number of methoxy groups -OCH3 is 2. The van der Waals surface area contributed by atoms with Gasteiger partial charge in [0.25, 0.3) is 5.91 Å². The van der Waals surface area contributed by atoms with Crippen LogP contribution in [0.4, 0.5) is 0 Å². The second kappa shape index (κ2) is 9.56. The lowest BCUT2D eigenvalue weighted by Gasteiger charge is -2.26. The van der Waals surface area contributed by atoms with Gasteiger partial charge in [-0.2, -0.15) is 5.10 Å². The van der Waals surface area contributed by atoms with Gasteiger partial charge in [-0.05, 0) is 49.0 Å². The van der Waals surface area contributed by atoms with Crippen molar-refractivity contribution in [3.8, 4) is 11.5 Å². The summed E-state index contributed by atoms with van der Waals surface area (Å²) in [5, 5.41) is 6.38. The number of para-hydroxylation sites is 1. The van der Waals surface area contributed by atoms with Gasteiger partial charge in [-0.15, -0.1) is 0 Å². The molecule has 0 aliphatic carbocycles. The van der Waals surface area contributed by atoms with Gasteiger partial charge in [-0.3, -0.25) is 9.69 Å². The first-order valence-corrected chi connectivity index (χ1v) is 10.00. The van der Waals surface area contributed by atoms with E-state index in [1.54, 1.807) is 19.2 Å². The summed E-state index contributed by atoms with van der Waals surface area (Å²) in [5.74, 6) is 1.56. The fraction of sp³-hybridized carbons (Fsp3) is 0.391. The Morgan fingerprint density at radius 3 is 2.38 bits per heavy atom. The molecule has 1 aliphatic heterocycles. The van der Waals surface area contributed by atoms with Crippen LogP contribution in [0.5, 0.6) is 11.5 Å². The molecule has 1 heterocycles. The fourth-order valence-corrected chi connectivity index (χ4v) is 3.59. The SMILES string of the molecule is CCN(CC)CC(=O)N1N=C(c2ccc(OC)cc2)C[C@H]1c1ccccc1OC. The average Bonchev–Trinajstić information content (AvgIpc) is 3.22. The van der Waals surface area contributed by atoms with Crippen LogP contribution in [0.25, 0.3) is 0 Å². The maximum atomic E-state index is 13.2. The number of hydrazone groups is 1. The van der Waals surface area contributed by atoms with Crippen molar-refractivity contribution in [1.82, 2.24) is 9.91 Å². The zero-order valence-electron chi connectivity index (χ0n) is 17.6. The molecule has 1 aliphatic rings. The van der Waals surface area contributed by atoms with Crippen LogP contribution >= 0.6 is 0 Å². The summed E-state index contributed by atoms with van der Waals surface area (Å²) in [6, 6.07) is 15.4. The average molecular weight is 396 g/mol. The van der Waals surface area contributed by atoms with Crippen molar-refractivity contribution in [2.24, 2.45) is 5.10 Å². The van der Waals surface area contributed by atoms with Crippen LogP contribution in [-0.2, 0) is 4.79 Å². The van der Waals surface area contributed by atoms with E-state index in [4.69, 9.17) is 14.6 Å². The van der Waals surface area contributed by atoms with Gasteiger partial charge in [0.2, 0.25) is 0 Å². The summed E-state index contributed by atoms with van der Waals surface area (Å²) in [4.78, 5) is 15.3. The predicted octanol–water partition coefficient (Wildman–Crippen LogP) is 3.72. The molecule has 1 atom stereocenters. The Bertz CT molecular complexity index is 860. The first kappa shape index (κ1) is 20.9. The normalized spacial score (nSPS) is 16.1. The third kappa shape index (κ3) is 4.59. The first-order chi connectivity index (χ1) is 14.1. The highest BCUT2D eigenvalue weighted by Crippen LogP contribution is 2.37. The molecule has 6 heteroatoms. The summed E-state index contributed by atoms with van der Waals surface area (Å²) in [6.07, 6.45) is 0.636. The number of ether oxygens (including phenoxy) is 2. The Kier molecular flexibility index (Phi) is 6.88. The van der Waals surface area contributed by atoms with E-state index in [1.165, 1.54) is 0 Å². The number of hydrogen-bond acceptors (Lipinski definition) is 5. The minimum atomic E-state index is -0.189. The number of amides is 1. The van der Waals surface area contributed by atoms with E-state index < -0.39 is 0 Å². The molecule has 6 nitrogen and oxygen atoms in total. The monoisotopic (exact) mass is 395 g/mol. The second-order valence-corrected chi connectivity index (χ2v) is 6.94. The molecule has 154 valence electrons. The van der Waals surface area contributed by atoms with Gasteiger partial charge in [0.05, 0.1) is 32.5 Å². The molecule has 0 unspecified atom stereocenters. The minimum absolute atomic E-state index is 0.00637. The van der Waals surface area contributed by atoms with Gasteiger partial charge in [-0.25, -0.2) is 5.01 Å². The standard InChI is InChI=1S/C23H29N3O3/c1-5-25(6-2)16-23(27)26-21(19-9-7-8-10-22(19)29-4)15-20(24-26)17-11-13-18(28-3)14-12-17/h7-14,21H,5-6,15-16H2,1-4H3/t21-/m0/s1. The highest BCUT2D eigenvalue weighted by atomic mass is 16.5. The van der Waals surface area contributed by atoms with Crippen LogP contribution in [-0.4, -0.2) is 55.4 Å². The number of rotatable bonds is 8. The summed E-state index contributed by atoms with van der Waals surface area (Å²) in [5.41, 5.74) is 2.84. The van der Waals surface area contributed by atoms with E-state index in [9.17, 15) is 4.79 Å². The predicted molar refractivity (Wildman–Crippen MR) is 115 cm³/mol. The summed E-state index contributed by atoms with van der Waals surface area (Å²) < 4.78 is 10.8. The van der Waals surface area contributed by atoms with Crippen LogP contribution in [0.2, 0.25) is 0 Å². The third-order valence-electron chi connectivity index (χ3n) is 5.34. The molecule has 0 bridgehead atoms.